The zero-order chi connectivity index (χ0) is 23.7. The molecule has 7 nitrogen and oxygen atoms in total. The monoisotopic (exact) mass is 442 g/mol. The van der Waals surface area contributed by atoms with E-state index in [9.17, 15) is 9.59 Å². The second kappa shape index (κ2) is 11.8. The highest BCUT2D eigenvalue weighted by Gasteiger charge is 2.23. The second-order valence-corrected chi connectivity index (χ2v) is 9.23. The number of methoxy groups -OCH3 is 1. The Hall–Kier alpha value is -2.67. The van der Waals surface area contributed by atoms with Crippen LogP contribution in [-0.2, 0) is 19.7 Å². The van der Waals surface area contributed by atoms with Gasteiger partial charge in [0.05, 0.1) is 17.9 Å². The van der Waals surface area contributed by atoms with Gasteiger partial charge in [-0.2, -0.15) is 5.10 Å². The van der Waals surface area contributed by atoms with Crippen molar-refractivity contribution >= 4 is 17.6 Å². The largest absolute Gasteiger partial charge is 0.385 e. The molecule has 0 saturated carbocycles. The molecule has 1 aromatic heterocycles. The molecular weight excluding hydrogens is 404 g/mol. The molecule has 2 amide bonds. The summed E-state index contributed by atoms with van der Waals surface area (Å²) in [4.78, 5) is 27.2. The molecule has 0 aliphatic heterocycles. The van der Waals surface area contributed by atoms with Crippen LogP contribution in [0.2, 0.25) is 0 Å². The first kappa shape index (κ1) is 25.6. The molecule has 32 heavy (non-hydrogen) atoms. The van der Waals surface area contributed by atoms with Crippen molar-refractivity contribution in [3.05, 3.63) is 41.6 Å². The molecule has 0 bridgehead atoms. The number of carbonyl (C=O) groups excluding carboxylic acids is 2. The number of amides is 2. The summed E-state index contributed by atoms with van der Waals surface area (Å²) in [6, 6.07) is 9.91. The summed E-state index contributed by atoms with van der Waals surface area (Å²) in [5.41, 5.74) is 2.74. The van der Waals surface area contributed by atoms with Crippen LogP contribution < -0.4 is 5.32 Å². The Kier molecular flexibility index (Phi) is 9.44. The van der Waals surface area contributed by atoms with Crippen LogP contribution in [0.25, 0.3) is 5.69 Å². The lowest BCUT2D eigenvalue weighted by Gasteiger charge is -2.22. The predicted molar refractivity (Wildman–Crippen MR) is 128 cm³/mol. The van der Waals surface area contributed by atoms with Gasteiger partial charge in [0.15, 0.2) is 0 Å². The maximum absolute atomic E-state index is 13.0. The van der Waals surface area contributed by atoms with Gasteiger partial charge in [-0.3, -0.25) is 9.59 Å². The van der Waals surface area contributed by atoms with Gasteiger partial charge in [0.2, 0.25) is 11.8 Å². The lowest BCUT2D eigenvalue weighted by atomic mass is 9.92. The van der Waals surface area contributed by atoms with Gasteiger partial charge in [-0.15, -0.1) is 0 Å². The first-order valence-electron chi connectivity index (χ1n) is 11.4. The van der Waals surface area contributed by atoms with Crippen LogP contribution in [0.5, 0.6) is 0 Å². The highest BCUT2D eigenvalue weighted by Crippen LogP contribution is 2.26. The van der Waals surface area contributed by atoms with Crippen LogP contribution in [0.4, 0.5) is 5.82 Å². The minimum Gasteiger partial charge on any atom is -0.385 e. The SMILES string of the molecule is CCCCC(=O)N(CCCOC)CC(=O)Nc1cc(C(C)(C)C)nn1-c1ccc(C)cc1. The Morgan fingerprint density at radius 3 is 2.44 bits per heavy atom. The molecule has 0 spiro atoms. The number of hydrogen-bond acceptors (Lipinski definition) is 4. The summed E-state index contributed by atoms with van der Waals surface area (Å²) in [5.74, 6) is 0.364. The van der Waals surface area contributed by atoms with E-state index < -0.39 is 0 Å². The molecule has 0 unspecified atom stereocenters. The highest BCUT2D eigenvalue weighted by atomic mass is 16.5. The average molecular weight is 443 g/mol. The van der Waals surface area contributed by atoms with E-state index in [4.69, 9.17) is 9.84 Å². The Bertz CT molecular complexity index is 882. The summed E-state index contributed by atoms with van der Waals surface area (Å²) in [6.45, 7) is 11.4. The molecule has 176 valence electrons. The minimum absolute atomic E-state index is 0.000487. The number of unbranched alkanes of at least 4 members (excludes halogenated alkanes) is 1. The number of benzene rings is 1. The lowest BCUT2D eigenvalue weighted by molar-refractivity contribution is -0.135. The van der Waals surface area contributed by atoms with Crippen molar-refractivity contribution in [3.8, 4) is 5.69 Å². The predicted octanol–water partition coefficient (Wildman–Crippen LogP) is 4.47. The third kappa shape index (κ3) is 7.48. The van der Waals surface area contributed by atoms with Gasteiger partial charge in [-0.25, -0.2) is 4.68 Å². The Morgan fingerprint density at radius 1 is 1.16 bits per heavy atom. The fraction of sp³-hybridized carbons (Fsp3) is 0.560. The van der Waals surface area contributed by atoms with Crippen LogP contribution in [-0.4, -0.2) is 53.3 Å². The van der Waals surface area contributed by atoms with Gasteiger partial charge in [-0.05, 0) is 31.9 Å². The zero-order valence-electron chi connectivity index (χ0n) is 20.4. The third-order valence-corrected chi connectivity index (χ3v) is 5.23. The van der Waals surface area contributed by atoms with Gasteiger partial charge in [0, 0.05) is 38.2 Å². The number of aryl methyl sites for hydroxylation is 1. The van der Waals surface area contributed by atoms with Crippen LogP contribution in [0.15, 0.2) is 30.3 Å². The number of aromatic nitrogens is 2. The van der Waals surface area contributed by atoms with Crippen molar-refractivity contribution in [2.24, 2.45) is 0 Å². The first-order valence-corrected chi connectivity index (χ1v) is 11.4. The number of hydrogen-bond donors (Lipinski definition) is 1. The molecule has 1 aromatic carbocycles. The van der Waals surface area contributed by atoms with Gasteiger partial charge in [0.25, 0.3) is 0 Å². The molecule has 0 aliphatic carbocycles. The molecule has 2 rings (SSSR count). The van der Waals surface area contributed by atoms with E-state index in [1.54, 1.807) is 16.7 Å². The average Bonchev–Trinajstić information content (AvgIpc) is 3.16. The van der Waals surface area contributed by atoms with E-state index in [-0.39, 0.29) is 23.8 Å². The van der Waals surface area contributed by atoms with Crippen molar-refractivity contribution in [3.63, 3.8) is 0 Å². The van der Waals surface area contributed by atoms with Gasteiger partial charge < -0.3 is 15.0 Å². The normalized spacial score (nSPS) is 11.4. The van der Waals surface area contributed by atoms with E-state index in [1.807, 2.05) is 44.2 Å². The van der Waals surface area contributed by atoms with E-state index in [0.717, 1.165) is 29.8 Å². The lowest BCUT2D eigenvalue weighted by Crippen LogP contribution is -2.39. The molecule has 0 atom stereocenters. The maximum Gasteiger partial charge on any atom is 0.245 e. The van der Waals surface area contributed by atoms with Crippen molar-refractivity contribution in [1.82, 2.24) is 14.7 Å². The molecule has 1 N–H and O–H groups in total. The molecular formula is C25H38N4O3. The summed E-state index contributed by atoms with van der Waals surface area (Å²) >= 11 is 0. The standard InChI is InChI=1S/C25H38N4O3/c1-7-8-10-24(31)28(15-9-16-32-6)18-23(30)26-22-17-21(25(3,4)5)27-29(22)20-13-11-19(2)12-14-20/h11-14,17H,7-10,15-16,18H2,1-6H3,(H,26,30). The minimum atomic E-state index is -0.235. The number of anilines is 1. The summed E-state index contributed by atoms with van der Waals surface area (Å²) in [7, 11) is 1.63. The van der Waals surface area contributed by atoms with E-state index in [2.05, 4.69) is 26.1 Å². The molecule has 0 radical (unpaired) electrons. The van der Waals surface area contributed by atoms with Crippen molar-refractivity contribution in [2.75, 3.05) is 32.1 Å². The zero-order valence-corrected chi connectivity index (χ0v) is 20.4. The Balaban J connectivity index is 2.22. The Morgan fingerprint density at radius 2 is 1.84 bits per heavy atom. The maximum atomic E-state index is 13.0. The van der Waals surface area contributed by atoms with E-state index in [1.165, 1.54) is 0 Å². The highest BCUT2D eigenvalue weighted by molar-refractivity contribution is 5.94. The van der Waals surface area contributed by atoms with Crippen LogP contribution >= 0.6 is 0 Å². The smallest absolute Gasteiger partial charge is 0.245 e. The van der Waals surface area contributed by atoms with Gasteiger partial charge in [0.1, 0.15) is 5.82 Å². The van der Waals surface area contributed by atoms with Gasteiger partial charge in [-0.1, -0.05) is 51.8 Å². The molecule has 7 heteroatoms. The number of rotatable bonds is 11. The van der Waals surface area contributed by atoms with Crippen molar-refractivity contribution in [2.45, 2.75) is 65.7 Å². The van der Waals surface area contributed by atoms with Crippen LogP contribution in [0, 0.1) is 6.92 Å². The quantitative estimate of drug-likeness (QED) is 0.521. The summed E-state index contributed by atoms with van der Waals surface area (Å²) in [5, 5.41) is 7.74. The number of nitrogens with one attached hydrogen (secondary N) is 1. The summed E-state index contributed by atoms with van der Waals surface area (Å²) < 4.78 is 6.87. The topological polar surface area (TPSA) is 76.5 Å². The molecule has 0 aliphatic rings. The third-order valence-electron chi connectivity index (χ3n) is 5.23. The van der Waals surface area contributed by atoms with Crippen molar-refractivity contribution < 1.29 is 14.3 Å². The van der Waals surface area contributed by atoms with E-state index in [0.29, 0.717) is 31.8 Å². The molecule has 0 saturated heterocycles. The van der Waals surface area contributed by atoms with Crippen molar-refractivity contribution in [1.29, 1.82) is 0 Å². The molecule has 0 fully saturated rings. The Labute approximate surface area is 192 Å². The fourth-order valence-corrected chi connectivity index (χ4v) is 3.25. The summed E-state index contributed by atoms with van der Waals surface area (Å²) in [6.07, 6.45) is 2.90. The number of carbonyl (C=O) groups is 2. The molecule has 1 heterocycles. The fourth-order valence-electron chi connectivity index (χ4n) is 3.25. The van der Waals surface area contributed by atoms with Gasteiger partial charge >= 0.3 is 0 Å². The number of nitrogens with zero attached hydrogens (tertiary/aromatic N) is 3. The van der Waals surface area contributed by atoms with E-state index >= 15 is 0 Å². The number of ether oxygens (including phenoxy) is 1. The second-order valence-electron chi connectivity index (χ2n) is 9.23. The van der Waals surface area contributed by atoms with Crippen LogP contribution in [0.1, 0.15) is 64.6 Å². The van der Waals surface area contributed by atoms with Crippen LogP contribution in [0.3, 0.4) is 0 Å². The first-order chi connectivity index (χ1) is 15.2. The molecule has 2 aromatic rings.